The van der Waals surface area contributed by atoms with Crippen molar-refractivity contribution in [3.63, 3.8) is 0 Å². The van der Waals surface area contributed by atoms with Crippen LogP contribution in [0.15, 0.2) is 0 Å². The largest absolute Gasteiger partial charge is 0.358 e. The molecule has 1 saturated heterocycles. The maximum Gasteiger partial charge on any atom is 0.233 e. The molecule has 0 bridgehead atoms. The van der Waals surface area contributed by atoms with Gasteiger partial charge in [0.1, 0.15) is 0 Å². The first-order chi connectivity index (χ1) is 9.84. The maximum absolute atomic E-state index is 11.6. The van der Waals surface area contributed by atoms with Crippen LogP contribution in [-0.4, -0.2) is 49.2 Å². The smallest absolute Gasteiger partial charge is 0.233 e. The molecular weight excluding hydrogens is 292 g/mol. The highest BCUT2D eigenvalue weighted by Gasteiger charge is 2.31. The molecule has 2 N–H and O–H groups in total. The number of aromatic nitrogens is 2. The SMILES string of the molecule is CNC(=O)CNCc1c(C)nn(C2CCS(=O)(=O)C2)c1C. The van der Waals surface area contributed by atoms with Crippen molar-refractivity contribution in [3.8, 4) is 0 Å². The van der Waals surface area contributed by atoms with Crippen molar-refractivity contribution in [1.29, 1.82) is 0 Å². The van der Waals surface area contributed by atoms with Crippen LogP contribution in [0.3, 0.4) is 0 Å². The maximum atomic E-state index is 11.6. The average Bonchev–Trinajstić information content (AvgIpc) is 2.91. The summed E-state index contributed by atoms with van der Waals surface area (Å²) in [6.07, 6.45) is 0.620. The lowest BCUT2D eigenvalue weighted by molar-refractivity contribution is -0.119. The van der Waals surface area contributed by atoms with Crippen molar-refractivity contribution in [2.75, 3.05) is 25.1 Å². The molecule has 1 atom stereocenters. The van der Waals surface area contributed by atoms with Crippen molar-refractivity contribution in [2.45, 2.75) is 32.9 Å². The number of amides is 1. The molecule has 1 aliphatic rings. The minimum Gasteiger partial charge on any atom is -0.358 e. The van der Waals surface area contributed by atoms with Gasteiger partial charge in [-0.05, 0) is 20.3 Å². The topological polar surface area (TPSA) is 93.1 Å². The number of sulfone groups is 1. The summed E-state index contributed by atoms with van der Waals surface area (Å²) in [5, 5.41) is 10.1. The standard InChI is InChI=1S/C13H22N4O3S/c1-9-12(6-15-7-13(18)14-3)10(2)17(16-9)11-4-5-21(19,20)8-11/h11,15H,4-8H2,1-3H3,(H,14,18). The Kier molecular flexibility index (Phi) is 4.67. The number of carbonyl (C=O) groups is 1. The number of carbonyl (C=O) groups excluding carboxylic acids is 1. The van der Waals surface area contributed by atoms with Gasteiger partial charge >= 0.3 is 0 Å². The molecule has 2 heterocycles. The Hall–Kier alpha value is -1.41. The van der Waals surface area contributed by atoms with E-state index in [1.165, 1.54) is 0 Å². The molecule has 1 aliphatic heterocycles. The number of aryl methyl sites for hydroxylation is 1. The molecular formula is C13H22N4O3S. The van der Waals surface area contributed by atoms with Gasteiger partial charge in [-0.25, -0.2) is 8.42 Å². The van der Waals surface area contributed by atoms with Gasteiger partial charge in [0.25, 0.3) is 0 Å². The van der Waals surface area contributed by atoms with Gasteiger partial charge in [-0.15, -0.1) is 0 Å². The third-order valence-corrected chi connectivity index (χ3v) is 5.65. The lowest BCUT2D eigenvalue weighted by atomic mass is 10.2. The molecule has 2 rings (SSSR count). The van der Waals surface area contributed by atoms with Gasteiger partial charge in [-0.2, -0.15) is 5.10 Å². The first-order valence-electron chi connectivity index (χ1n) is 7.00. The monoisotopic (exact) mass is 314 g/mol. The molecule has 1 amide bonds. The molecule has 0 saturated carbocycles. The second kappa shape index (κ2) is 6.15. The second-order valence-electron chi connectivity index (χ2n) is 5.43. The second-order valence-corrected chi connectivity index (χ2v) is 7.66. The number of likely N-dealkylation sites (N-methyl/N-ethyl adjacent to an activating group) is 1. The van der Waals surface area contributed by atoms with E-state index in [4.69, 9.17) is 0 Å². The van der Waals surface area contributed by atoms with E-state index in [1.807, 2.05) is 18.5 Å². The molecule has 1 aromatic heterocycles. The summed E-state index contributed by atoms with van der Waals surface area (Å²) in [6, 6.07) is -0.0682. The molecule has 21 heavy (non-hydrogen) atoms. The molecule has 0 aliphatic carbocycles. The van der Waals surface area contributed by atoms with Crippen LogP contribution in [-0.2, 0) is 21.2 Å². The van der Waals surface area contributed by atoms with Crippen molar-refractivity contribution in [3.05, 3.63) is 17.0 Å². The zero-order valence-electron chi connectivity index (χ0n) is 12.6. The number of nitrogens with one attached hydrogen (secondary N) is 2. The molecule has 1 unspecified atom stereocenters. The van der Waals surface area contributed by atoms with Gasteiger partial charge in [0.15, 0.2) is 9.84 Å². The van der Waals surface area contributed by atoms with Gasteiger partial charge in [0.2, 0.25) is 5.91 Å². The summed E-state index contributed by atoms with van der Waals surface area (Å²) in [4.78, 5) is 11.2. The first kappa shape index (κ1) is 16.0. The normalized spacial score (nSPS) is 20.6. The first-order valence-corrected chi connectivity index (χ1v) is 8.82. The van der Waals surface area contributed by atoms with Crippen LogP contribution in [0.5, 0.6) is 0 Å². The zero-order valence-corrected chi connectivity index (χ0v) is 13.5. The lowest BCUT2D eigenvalue weighted by Gasteiger charge is -2.11. The van der Waals surface area contributed by atoms with Crippen LogP contribution in [0.4, 0.5) is 0 Å². The Morgan fingerprint density at radius 1 is 1.43 bits per heavy atom. The third kappa shape index (κ3) is 3.62. The fourth-order valence-corrected chi connectivity index (χ4v) is 4.36. The van der Waals surface area contributed by atoms with E-state index in [9.17, 15) is 13.2 Å². The van der Waals surface area contributed by atoms with Crippen molar-refractivity contribution in [2.24, 2.45) is 0 Å². The molecule has 8 heteroatoms. The number of hydrogen-bond acceptors (Lipinski definition) is 5. The predicted molar refractivity (Wildman–Crippen MR) is 79.8 cm³/mol. The Morgan fingerprint density at radius 3 is 2.71 bits per heavy atom. The predicted octanol–water partition coefficient (Wildman–Crippen LogP) is -0.305. The third-order valence-electron chi connectivity index (χ3n) is 3.90. The summed E-state index contributed by atoms with van der Waals surface area (Å²) >= 11 is 0. The molecule has 1 fully saturated rings. The van der Waals surface area contributed by atoms with E-state index >= 15 is 0 Å². The van der Waals surface area contributed by atoms with E-state index in [0.717, 1.165) is 17.0 Å². The Balaban J connectivity index is 2.09. The van der Waals surface area contributed by atoms with Crippen LogP contribution in [0, 0.1) is 13.8 Å². The molecule has 118 valence electrons. The Bertz CT molecular complexity index is 636. The van der Waals surface area contributed by atoms with E-state index in [-0.39, 0.29) is 30.0 Å². The summed E-state index contributed by atoms with van der Waals surface area (Å²) in [5.74, 6) is 0.333. The molecule has 0 radical (unpaired) electrons. The number of hydrogen-bond donors (Lipinski definition) is 2. The Labute approximate surface area is 125 Å². The van der Waals surface area contributed by atoms with Crippen molar-refractivity contribution < 1.29 is 13.2 Å². The van der Waals surface area contributed by atoms with Crippen molar-refractivity contribution in [1.82, 2.24) is 20.4 Å². The summed E-state index contributed by atoms with van der Waals surface area (Å²) in [5.41, 5.74) is 2.88. The van der Waals surface area contributed by atoms with Crippen LogP contribution in [0.25, 0.3) is 0 Å². The van der Waals surface area contributed by atoms with Gasteiger partial charge in [-0.1, -0.05) is 0 Å². The van der Waals surface area contributed by atoms with Crippen LogP contribution in [0.2, 0.25) is 0 Å². The van der Waals surface area contributed by atoms with Gasteiger partial charge in [0.05, 0.1) is 29.8 Å². The molecule has 0 spiro atoms. The minimum absolute atomic E-state index is 0.0682. The summed E-state index contributed by atoms with van der Waals surface area (Å²) < 4.78 is 25.0. The highest BCUT2D eigenvalue weighted by molar-refractivity contribution is 7.91. The number of nitrogens with zero attached hydrogens (tertiary/aromatic N) is 2. The average molecular weight is 314 g/mol. The van der Waals surface area contributed by atoms with Gasteiger partial charge in [-0.3, -0.25) is 9.48 Å². The van der Waals surface area contributed by atoms with Gasteiger partial charge in [0, 0.05) is 24.8 Å². The van der Waals surface area contributed by atoms with E-state index in [0.29, 0.717) is 13.0 Å². The van der Waals surface area contributed by atoms with Crippen molar-refractivity contribution >= 4 is 15.7 Å². The highest BCUT2D eigenvalue weighted by Crippen LogP contribution is 2.26. The molecule has 7 nitrogen and oxygen atoms in total. The van der Waals surface area contributed by atoms with E-state index in [2.05, 4.69) is 15.7 Å². The summed E-state index contributed by atoms with van der Waals surface area (Å²) in [6.45, 7) is 4.65. The fraction of sp³-hybridized carbons (Fsp3) is 0.692. The number of rotatable bonds is 5. The Morgan fingerprint density at radius 2 is 2.14 bits per heavy atom. The zero-order chi connectivity index (χ0) is 15.6. The van der Waals surface area contributed by atoms with E-state index < -0.39 is 9.84 Å². The van der Waals surface area contributed by atoms with Crippen LogP contribution < -0.4 is 10.6 Å². The van der Waals surface area contributed by atoms with Crippen LogP contribution in [0.1, 0.15) is 29.4 Å². The van der Waals surface area contributed by atoms with Crippen LogP contribution >= 0.6 is 0 Å². The highest BCUT2D eigenvalue weighted by atomic mass is 32.2. The lowest BCUT2D eigenvalue weighted by Crippen LogP contribution is -2.31. The van der Waals surface area contributed by atoms with Gasteiger partial charge < -0.3 is 10.6 Å². The summed E-state index contributed by atoms with van der Waals surface area (Å²) in [7, 11) is -1.33. The quantitative estimate of drug-likeness (QED) is 0.778. The van der Waals surface area contributed by atoms with E-state index in [1.54, 1.807) is 7.05 Å². The molecule has 1 aromatic rings. The molecule has 0 aromatic carbocycles. The fourth-order valence-electron chi connectivity index (χ4n) is 2.67. The minimum atomic E-state index is -2.92.